The Balaban J connectivity index is 0.000000164. The third-order valence-corrected chi connectivity index (χ3v) is 17.5. The number of aliphatic hydroxyl groups is 2. The standard InChI is InChI=1S/C24H34O3.C23H32O3/c1-6-21(26)24(27)15(3)12-20-17-11-14(2)19-13-16(25)7-9-22(19,4)18(17)8-10-23(20,24)5;1-13-9-16-17(22(3)7-5-15(25)11-18(13)22)6-8-23(4)19(16)10-14(2)21(23)20(26)12-24/h8,13-15,17,20,27H,6-7,9-12H2,1-5H3;6,11,13-14,16,19,21,24H,5,7-10,12H2,1-4H3/t14-,15+,17?,20?,22+,23-,24-;13-,14+,16?,19?,21+,22+,23-/m00/s1. The van der Waals surface area contributed by atoms with E-state index in [0.717, 1.165) is 51.4 Å². The normalized spacial score (nSPS) is 48.2. The number of carbonyl (C=O) groups excluding carboxylic acids is 4. The van der Waals surface area contributed by atoms with E-state index in [0.29, 0.717) is 60.7 Å². The van der Waals surface area contributed by atoms with Gasteiger partial charge in [-0.25, -0.2) is 0 Å². The lowest BCUT2D eigenvalue weighted by Gasteiger charge is -2.56. The van der Waals surface area contributed by atoms with Gasteiger partial charge in [-0.2, -0.15) is 0 Å². The molecule has 2 N–H and O–H groups in total. The quantitative estimate of drug-likeness (QED) is 0.281. The summed E-state index contributed by atoms with van der Waals surface area (Å²) in [7, 11) is 0. The predicted molar refractivity (Wildman–Crippen MR) is 207 cm³/mol. The topological polar surface area (TPSA) is 109 Å². The van der Waals surface area contributed by atoms with Gasteiger partial charge in [0.2, 0.25) is 0 Å². The lowest BCUT2D eigenvalue weighted by atomic mass is 9.48. The molecular weight excluding hydrogens is 661 g/mol. The van der Waals surface area contributed by atoms with Crippen LogP contribution in [0.5, 0.6) is 0 Å². The van der Waals surface area contributed by atoms with E-state index in [2.05, 4.69) is 67.5 Å². The average molecular weight is 727 g/mol. The van der Waals surface area contributed by atoms with Crippen molar-refractivity contribution in [3.63, 3.8) is 0 Å². The molecule has 14 atom stereocenters. The van der Waals surface area contributed by atoms with Gasteiger partial charge in [-0.05, 0) is 116 Å². The summed E-state index contributed by atoms with van der Waals surface area (Å²) < 4.78 is 0. The van der Waals surface area contributed by atoms with E-state index < -0.39 is 5.60 Å². The van der Waals surface area contributed by atoms with Crippen molar-refractivity contribution < 1.29 is 29.4 Å². The molecule has 6 nitrogen and oxygen atoms in total. The first-order valence-electron chi connectivity index (χ1n) is 21.1. The summed E-state index contributed by atoms with van der Waals surface area (Å²) in [6, 6.07) is 0. The molecule has 4 unspecified atom stereocenters. The van der Waals surface area contributed by atoms with E-state index in [-0.39, 0.29) is 63.2 Å². The Labute approximate surface area is 318 Å². The number of allylic oxidation sites excluding steroid dienone is 8. The minimum absolute atomic E-state index is 0.000634. The van der Waals surface area contributed by atoms with Crippen LogP contribution in [0.2, 0.25) is 0 Å². The van der Waals surface area contributed by atoms with E-state index in [1.54, 1.807) is 5.57 Å². The lowest BCUT2D eigenvalue weighted by molar-refractivity contribution is -0.158. The Bertz CT molecular complexity index is 1730. The number of hydrogen-bond acceptors (Lipinski definition) is 6. The third kappa shape index (κ3) is 5.36. The SMILES string of the molecule is CCC(=O)[C@@]1(O)[C@H](C)CC2C3C[C@H](C)C4=CC(=O)CC[C@]4(C)C3=CC[C@@]21C.C[C@@H]1CC2C3C[C@H](C)C4=CC(=O)CC[C@]4(C)C3=CC[C@]2(C)[C@H]1C(=O)CO. The van der Waals surface area contributed by atoms with Crippen LogP contribution in [0.4, 0.5) is 0 Å². The second kappa shape index (κ2) is 13.1. The molecule has 290 valence electrons. The van der Waals surface area contributed by atoms with Crippen LogP contribution in [0.3, 0.4) is 0 Å². The monoisotopic (exact) mass is 726 g/mol. The second-order valence-electron chi connectivity index (χ2n) is 20.1. The smallest absolute Gasteiger partial charge is 0.164 e. The van der Waals surface area contributed by atoms with Crippen LogP contribution in [0.1, 0.15) is 133 Å². The second-order valence-corrected chi connectivity index (χ2v) is 20.1. The maximum absolute atomic E-state index is 12.8. The molecule has 4 saturated carbocycles. The van der Waals surface area contributed by atoms with Crippen molar-refractivity contribution in [1.29, 1.82) is 0 Å². The van der Waals surface area contributed by atoms with Gasteiger partial charge in [0.15, 0.2) is 23.1 Å². The summed E-state index contributed by atoms with van der Waals surface area (Å²) in [5, 5.41) is 21.1. The number of ketones is 4. The van der Waals surface area contributed by atoms with E-state index in [1.165, 1.54) is 16.7 Å². The van der Waals surface area contributed by atoms with Gasteiger partial charge in [-0.15, -0.1) is 0 Å². The van der Waals surface area contributed by atoms with Crippen molar-refractivity contribution in [2.45, 2.75) is 139 Å². The molecule has 0 amide bonds. The fourth-order valence-corrected chi connectivity index (χ4v) is 14.9. The molecule has 0 radical (unpaired) electrons. The first-order valence-corrected chi connectivity index (χ1v) is 21.1. The van der Waals surface area contributed by atoms with Crippen LogP contribution < -0.4 is 0 Å². The van der Waals surface area contributed by atoms with Crippen molar-refractivity contribution >= 4 is 23.1 Å². The van der Waals surface area contributed by atoms with E-state index in [9.17, 15) is 29.4 Å². The molecule has 53 heavy (non-hydrogen) atoms. The van der Waals surface area contributed by atoms with Gasteiger partial charge >= 0.3 is 0 Å². The van der Waals surface area contributed by atoms with Gasteiger partial charge < -0.3 is 10.2 Å². The Morgan fingerprint density at radius 2 is 1.25 bits per heavy atom. The van der Waals surface area contributed by atoms with Gasteiger partial charge in [-0.1, -0.05) is 96.8 Å². The molecule has 0 aromatic carbocycles. The largest absolute Gasteiger partial charge is 0.389 e. The van der Waals surface area contributed by atoms with Crippen LogP contribution in [-0.2, 0) is 19.2 Å². The molecule has 8 rings (SSSR count). The third-order valence-electron chi connectivity index (χ3n) is 17.5. The fraction of sp³-hybridized carbons (Fsp3) is 0.745. The summed E-state index contributed by atoms with van der Waals surface area (Å²) in [5.74, 6) is 3.49. The molecule has 0 spiro atoms. The zero-order valence-corrected chi connectivity index (χ0v) is 34.0. The highest BCUT2D eigenvalue weighted by atomic mass is 16.3. The van der Waals surface area contributed by atoms with E-state index in [1.807, 2.05) is 19.1 Å². The molecule has 0 saturated heterocycles. The van der Waals surface area contributed by atoms with Crippen molar-refractivity contribution in [2.75, 3.05) is 6.61 Å². The van der Waals surface area contributed by atoms with Gasteiger partial charge in [0.1, 0.15) is 12.2 Å². The molecule has 0 bridgehead atoms. The molecule has 8 aliphatic rings. The van der Waals surface area contributed by atoms with Crippen LogP contribution in [0.15, 0.2) is 46.6 Å². The number of Topliss-reactive ketones (excluding diaryl/α,β-unsaturated/α-hetero) is 2. The molecule has 0 heterocycles. The van der Waals surface area contributed by atoms with Crippen LogP contribution in [0.25, 0.3) is 0 Å². The first-order chi connectivity index (χ1) is 24.8. The number of rotatable bonds is 4. The number of aliphatic hydroxyl groups excluding tert-OH is 1. The van der Waals surface area contributed by atoms with Crippen LogP contribution in [0, 0.1) is 74.9 Å². The highest BCUT2D eigenvalue weighted by Crippen LogP contribution is 2.69. The van der Waals surface area contributed by atoms with Crippen molar-refractivity contribution in [2.24, 2.45) is 74.9 Å². The number of hydrogen-bond donors (Lipinski definition) is 2. The molecule has 4 fully saturated rings. The average Bonchev–Trinajstić information content (AvgIpc) is 3.51. The molecule has 0 aromatic heterocycles. The van der Waals surface area contributed by atoms with Crippen molar-refractivity contribution in [3.05, 3.63) is 46.6 Å². The zero-order chi connectivity index (χ0) is 38.6. The summed E-state index contributed by atoms with van der Waals surface area (Å²) in [6.45, 7) is 19.4. The van der Waals surface area contributed by atoms with Crippen LogP contribution >= 0.6 is 0 Å². The van der Waals surface area contributed by atoms with Crippen molar-refractivity contribution in [1.82, 2.24) is 0 Å². The van der Waals surface area contributed by atoms with Crippen LogP contribution in [-0.4, -0.2) is 45.6 Å². The lowest BCUT2D eigenvalue weighted by Crippen LogP contribution is -2.57. The Morgan fingerprint density at radius 1 is 0.736 bits per heavy atom. The number of fused-ring (bicyclic) bond motifs is 10. The summed E-state index contributed by atoms with van der Waals surface area (Å²) >= 11 is 0. The van der Waals surface area contributed by atoms with E-state index in [4.69, 9.17) is 0 Å². The first kappa shape index (κ1) is 38.8. The minimum atomic E-state index is -1.21. The maximum Gasteiger partial charge on any atom is 0.164 e. The zero-order valence-electron chi connectivity index (χ0n) is 34.0. The molecule has 0 aliphatic heterocycles. The highest BCUT2D eigenvalue weighted by molar-refractivity contribution is 5.93. The van der Waals surface area contributed by atoms with Crippen molar-refractivity contribution in [3.8, 4) is 0 Å². The molecule has 6 heteroatoms. The Kier molecular flexibility index (Phi) is 9.57. The number of carbonyl (C=O) groups is 4. The van der Waals surface area contributed by atoms with E-state index >= 15 is 0 Å². The molecule has 8 aliphatic carbocycles. The fourth-order valence-electron chi connectivity index (χ4n) is 14.9. The molecule has 0 aromatic rings. The Morgan fingerprint density at radius 3 is 1.75 bits per heavy atom. The van der Waals surface area contributed by atoms with Gasteiger partial charge in [0, 0.05) is 41.4 Å². The maximum atomic E-state index is 12.8. The minimum Gasteiger partial charge on any atom is -0.389 e. The van der Waals surface area contributed by atoms with Gasteiger partial charge in [0.05, 0.1) is 0 Å². The summed E-state index contributed by atoms with van der Waals surface area (Å²) in [5.41, 5.74) is 4.07. The summed E-state index contributed by atoms with van der Waals surface area (Å²) in [6.07, 6.45) is 18.0. The summed E-state index contributed by atoms with van der Waals surface area (Å²) in [4.78, 5) is 49.5. The highest BCUT2D eigenvalue weighted by Gasteiger charge is 2.67. The molecular formula is C47H66O6. The van der Waals surface area contributed by atoms with Gasteiger partial charge in [-0.3, -0.25) is 19.2 Å². The van der Waals surface area contributed by atoms with Gasteiger partial charge in [0.25, 0.3) is 0 Å². The Hall–Kier alpha value is -2.44. The predicted octanol–water partition coefficient (Wildman–Crippen LogP) is 8.75.